The van der Waals surface area contributed by atoms with E-state index in [9.17, 15) is 0 Å². The first-order valence-electron chi connectivity index (χ1n) is 5.83. The van der Waals surface area contributed by atoms with Crippen molar-refractivity contribution in [2.75, 3.05) is 6.54 Å². The molecule has 3 nitrogen and oxygen atoms in total. The van der Waals surface area contributed by atoms with Gasteiger partial charge in [-0.3, -0.25) is 4.68 Å². The minimum Gasteiger partial charge on any atom is -0.312 e. The summed E-state index contributed by atoms with van der Waals surface area (Å²) in [5, 5.41) is 7.83. The summed E-state index contributed by atoms with van der Waals surface area (Å²) in [7, 11) is 0. The molecule has 2 rings (SSSR count). The summed E-state index contributed by atoms with van der Waals surface area (Å²) in [5.74, 6) is 0. The first kappa shape index (κ1) is 10.7. The number of aromatic nitrogens is 2. The molecular weight excluding hydrogens is 186 g/mol. The van der Waals surface area contributed by atoms with Gasteiger partial charge in [-0.05, 0) is 32.1 Å². The largest absolute Gasteiger partial charge is 0.312 e. The third-order valence-corrected chi connectivity index (χ3v) is 3.17. The van der Waals surface area contributed by atoms with E-state index in [2.05, 4.69) is 37.4 Å². The van der Waals surface area contributed by atoms with Crippen LogP contribution in [0.15, 0.2) is 12.4 Å². The summed E-state index contributed by atoms with van der Waals surface area (Å²) < 4.78 is 2.01. The van der Waals surface area contributed by atoms with E-state index >= 15 is 0 Å². The van der Waals surface area contributed by atoms with E-state index in [1.807, 2.05) is 10.9 Å². The monoisotopic (exact) mass is 207 g/mol. The highest BCUT2D eigenvalue weighted by Gasteiger charge is 2.36. The van der Waals surface area contributed by atoms with Gasteiger partial charge in [-0.2, -0.15) is 5.10 Å². The van der Waals surface area contributed by atoms with Crippen LogP contribution in [-0.2, 0) is 6.54 Å². The molecule has 15 heavy (non-hydrogen) atoms. The number of nitrogens with zero attached hydrogens (tertiary/aromatic N) is 2. The maximum Gasteiger partial charge on any atom is 0.0534 e. The normalized spacial score (nSPS) is 18.4. The molecule has 0 saturated heterocycles. The summed E-state index contributed by atoms with van der Waals surface area (Å²) in [6, 6.07) is 0.458. The Bertz CT molecular complexity index is 323. The number of hydrogen-bond acceptors (Lipinski definition) is 2. The van der Waals surface area contributed by atoms with Crippen molar-refractivity contribution in [1.29, 1.82) is 0 Å². The van der Waals surface area contributed by atoms with E-state index in [4.69, 9.17) is 0 Å². The molecule has 3 heteroatoms. The smallest absolute Gasteiger partial charge is 0.0534 e. The summed E-state index contributed by atoms with van der Waals surface area (Å²) in [4.78, 5) is 0. The van der Waals surface area contributed by atoms with Crippen molar-refractivity contribution in [1.82, 2.24) is 15.1 Å². The van der Waals surface area contributed by atoms with E-state index < -0.39 is 0 Å². The van der Waals surface area contributed by atoms with E-state index in [1.165, 1.54) is 18.4 Å². The molecule has 0 radical (unpaired) electrons. The Labute approximate surface area is 91.9 Å². The van der Waals surface area contributed by atoms with E-state index in [-0.39, 0.29) is 0 Å². The Morgan fingerprint density at radius 2 is 2.27 bits per heavy atom. The molecule has 1 heterocycles. The second-order valence-electron chi connectivity index (χ2n) is 5.34. The van der Waals surface area contributed by atoms with Gasteiger partial charge in [0.1, 0.15) is 0 Å². The Balaban J connectivity index is 1.78. The van der Waals surface area contributed by atoms with Crippen molar-refractivity contribution in [3.63, 3.8) is 0 Å². The molecule has 0 unspecified atom stereocenters. The summed E-state index contributed by atoms with van der Waals surface area (Å²) in [5.41, 5.74) is 1.88. The minimum atomic E-state index is 0.458. The molecule has 0 aromatic carbocycles. The average Bonchev–Trinajstić information content (AvgIpc) is 2.74. The standard InChI is InChI=1S/C12H21N3/c1-10(2)15-8-11(7-14-15)6-13-9-12(3)4-5-12/h7-8,10,13H,4-6,9H2,1-3H3. The van der Waals surface area contributed by atoms with Gasteiger partial charge in [-0.15, -0.1) is 0 Å². The molecule has 0 aliphatic heterocycles. The fraction of sp³-hybridized carbons (Fsp3) is 0.750. The molecule has 0 amide bonds. The third-order valence-electron chi connectivity index (χ3n) is 3.17. The van der Waals surface area contributed by atoms with E-state index in [1.54, 1.807) is 0 Å². The molecule has 1 aromatic rings. The predicted octanol–water partition coefficient (Wildman–Crippen LogP) is 2.35. The molecule has 1 aliphatic rings. The van der Waals surface area contributed by atoms with Crippen LogP contribution in [0.5, 0.6) is 0 Å². The zero-order valence-electron chi connectivity index (χ0n) is 9.95. The highest BCUT2D eigenvalue weighted by atomic mass is 15.3. The molecule has 0 bridgehead atoms. The number of hydrogen-bond donors (Lipinski definition) is 1. The zero-order chi connectivity index (χ0) is 10.9. The minimum absolute atomic E-state index is 0.458. The van der Waals surface area contributed by atoms with Crippen molar-refractivity contribution >= 4 is 0 Å². The summed E-state index contributed by atoms with van der Waals surface area (Å²) in [6.07, 6.45) is 6.85. The second-order valence-corrected chi connectivity index (χ2v) is 5.34. The van der Waals surface area contributed by atoms with Gasteiger partial charge in [0.25, 0.3) is 0 Å². The maximum atomic E-state index is 4.32. The highest BCUT2D eigenvalue weighted by Crippen LogP contribution is 2.44. The molecular formula is C12H21N3. The molecule has 84 valence electrons. The van der Waals surface area contributed by atoms with E-state index in [0.29, 0.717) is 11.5 Å². The predicted molar refractivity (Wildman–Crippen MR) is 61.7 cm³/mol. The summed E-state index contributed by atoms with van der Waals surface area (Å²) >= 11 is 0. The van der Waals surface area contributed by atoms with Gasteiger partial charge in [0.2, 0.25) is 0 Å². The fourth-order valence-electron chi connectivity index (χ4n) is 1.65. The molecule has 0 atom stereocenters. The van der Waals surface area contributed by atoms with Gasteiger partial charge >= 0.3 is 0 Å². The highest BCUT2D eigenvalue weighted by molar-refractivity contribution is 5.04. The Kier molecular flexibility index (Phi) is 2.83. The lowest BCUT2D eigenvalue weighted by molar-refractivity contribution is 0.498. The van der Waals surface area contributed by atoms with Crippen molar-refractivity contribution in [2.45, 2.75) is 46.2 Å². The van der Waals surface area contributed by atoms with Crippen LogP contribution in [0.1, 0.15) is 45.2 Å². The SMILES string of the molecule is CC(C)n1cc(CNCC2(C)CC2)cn1. The lowest BCUT2D eigenvalue weighted by Gasteiger charge is -2.08. The zero-order valence-corrected chi connectivity index (χ0v) is 9.95. The average molecular weight is 207 g/mol. The molecule has 1 aliphatic carbocycles. The van der Waals surface area contributed by atoms with Gasteiger partial charge in [0.05, 0.1) is 6.20 Å². The van der Waals surface area contributed by atoms with Gasteiger partial charge in [-0.1, -0.05) is 6.92 Å². The van der Waals surface area contributed by atoms with Crippen LogP contribution in [0, 0.1) is 5.41 Å². The van der Waals surface area contributed by atoms with Crippen molar-refractivity contribution < 1.29 is 0 Å². The van der Waals surface area contributed by atoms with Gasteiger partial charge in [0.15, 0.2) is 0 Å². The molecule has 1 aromatic heterocycles. The maximum absolute atomic E-state index is 4.32. The molecule has 0 spiro atoms. The van der Waals surface area contributed by atoms with E-state index in [0.717, 1.165) is 13.1 Å². The Hall–Kier alpha value is -0.830. The second kappa shape index (κ2) is 3.97. The fourth-order valence-corrected chi connectivity index (χ4v) is 1.65. The summed E-state index contributed by atoms with van der Waals surface area (Å²) in [6.45, 7) is 8.73. The van der Waals surface area contributed by atoms with Gasteiger partial charge < -0.3 is 5.32 Å². The lowest BCUT2D eigenvalue weighted by atomic mass is 10.1. The van der Waals surface area contributed by atoms with Crippen LogP contribution in [0.3, 0.4) is 0 Å². The first-order valence-corrected chi connectivity index (χ1v) is 5.83. The van der Waals surface area contributed by atoms with Crippen LogP contribution in [0.25, 0.3) is 0 Å². The Morgan fingerprint density at radius 1 is 1.53 bits per heavy atom. The van der Waals surface area contributed by atoms with Crippen LogP contribution in [0.4, 0.5) is 0 Å². The van der Waals surface area contributed by atoms with Gasteiger partial charge in [-0.25, -0.2) is 0 Å². The molecule has 1 N–H and O–H groups in total. The van der Waals surface area contributed by atoms with Crippen molar-refractivity contribution in [2.24, 2.45) is 5.41 Å². The topological polar surface area (TPSA) is 29.9 Å². The van der Waals surface area contributed by atoms with Crippen molar-refractivity contribution in [3.05, 3.63) is 18.0 Å². The lowest BCUT2D eigenvalue weighted by Crippen LogP contribution is -2.21. The number of rotatable bonds is 5. The molecule has 1 saturated carbocycles. The third kappa shape index (κ3) is 2.81. The van der Waals surface area contributed by atoms with Crippen molar-refractivity contribution in [3.8, 4) is 0 Å². The van der Waals surface area contributed by atoms with Crippen LogP contribution in [0.2, 0.25) is 0 Å². The molecule has 1 fully saturated rings. The van der Waals surface area contributed by atoms with Gasteiger partial charge in [0, 0.05) is 30.9 Å². The van der Waals surface area contributed by atoms with Crippen LogP contribution >= 0.6 is 0 Å². The quantitative estimate of drug-likeness (QED) is 0.803. The van der Waals surface area contributed by atoms with Crippen LogP contribution in [-0.4, -0.2) is 16.3 Å². The Morgan fingerprint density at radius 3 is 2.80 bits per heavy atom. The van der Waals surface area contributed by atoms with Crippen LogP contribution < -0.4 is 5.32 Å². The number of nitrogens with one attached hydrogen (secondary N) is 1. The first-order chi connectivity index (χ1) is 7.09.